The molecule has 0 radical (unpaired) electrons. The molecule has 84 valence electrons. The summed E-state index contributed by atoms with van der Waals surface area (Å²) in [6, 6.07) is 6.52. The van der Waals surface area contributed by atoms with E-state index in [2.05, 4.69) is 50.5 Å². The molecule has 0 fully saturated rings. The molecule has 1 aromatic carbocycles. The lowest BCUT2D eigenvalue weighted by Crippen LogP contribution is -2.06. The van der Waals surface area contributed by atoms with Crippen LogP contribution in [0.4, 0.5) is 0 Å². The first-order chi connectivity index (χ1) is 7.59. The first-order valence-electron chi connectivity index (χ1n) is 5.64. The van der Waals surface area contributed by atoms with Crippen LogP contribution in [-0.4, -0.2) is 4.99 Å². The van der Waals surface area contributed by atoms with Crippen LogP contribution in [0.25, 0.3) is 0 Å². The highest BCUT2D eigenvalue weighted by molar-refractivity contribution is 7.80. The second-order valence-electron chi connectivity index (χ2n) is 4.47. The second-order valence-corrected chi connectivity index (χ2v) is 4.97. The molecule has 0 saturated heterocycles. The fourth-order valence-electron chi connectivity index (χ4n) is 2.18. The van der Waals surface area contributed by atoms with Gasteiger partial charge in [0.15, 0.2) is 0 Å². The van der Waals surface area contributed by atoms with Crippen molar-refractivity contribution in [2.24, 2.45) is 0 Å². The molecule has 1 aliphatic heterocycles. The van der Waals surface area contributed by atoms with Crippen molar-refractivity contribution in [1.82, 2.24) is 5.32 Å². The van der Waals surface area contributed by atoms with Gasteiger partial charge in [0.05, 0.1) is 4.99 Å². The quantitative estimate of drug-likeness (QED) is 0.780. The van der Waals surface area contributed by atoms with Crippen molar-refractivity contribution in [1.29, 1.82) is 0 Å². The number of hydrogen-bond donors (Lipinski definition) is 1. The summed E-state index contributed by atoms with van der Waals surface area (Å²) in [5, 5.41) is 3.12. The zero-order chi connectivity index (χ0) is 11.7. The number of aryl methyl sites for hydroxylation is 1. The zero-order valence-corrected chi connectivity index (χ0v) is 10.8. The van der Waals surface area contributed by atoms with E-state index < -0.39 is 0 Å². The molecule has 0 aromatic heterocycles. The summed E-state index contributed by atoms with van der Waals surface area (Å²) < 4.78 is 0. The first-order valence-corrected chi connectivity index (χ1v) is 6.05. The smallest absolute Gasteiger partial charge is 0.0834 e. The van der Waals surface area contributed by atoms with Crippen molar-refractivity contribution in [3.63, 3.8) is 0 Å². The molecule has 1 aromatic rings. The predicted molar refractivity (Wildman–Crippen MR) is 72.8 cm³/mol. The van der Waals surface area contributed by atoms with Gasteiger partial charge in [0.1, 0.15) is 0 Å². The monoisotopic (exact) mass is 231 g/mol. The van der Waals surface area contributed by atoms with E-state index in [-0.39, 0.29) is 0 Å². The van der Waals surface area contributed by atoms with Crippen LogP contribution in [0.5, 0.6) is 0 Å². The number of rotatable bonds is 2. The number of nitrogens with one attached hydrogen (secondary N) is 1. The Balaban J connectivity index is 2.31. The molecule has 0 saturated carbocycles. The highest BCUT2D eigenvalue weighted by Crippen LogP contribution is 2.31. The standard InChI is InChI=1S/C14H17NS/c1-9-5-4-6-13(10(9)2)11(3)12-7-14(16)15-8-12/h4-6,8,11H,7H2,1-3H3,(H,15,16)/t11-/m0/s1. The maximum Gasteiger partial charge on any atom is 0.0834 e. The Morgan fingerprint density at radius 1 is 1.31 bits per heavy atom. The van der Waals surface area contributed by atoms with Crippen LogP contribution in [0.2, 0.25) is 0 Å². The lowest BCUT2D eigenvalue weighted by Gasteiger charge is -2.16. The Bertz CT molecular complexity index is 460. The van der Waals surface area contributed by atoms with Gasteiger partial charge in [-0.15, -0.1) is 0 Å². The van der Waals surface area contributed by atoms with Gasteiger partial charge in [-0.2, -0.15) is 0 Å². The summed E-state index contributed by atoms with van der Waals surface area (Å²) in [6.45, 7) is 6.61. The largest absolute Gasteiger partial charge is 0.356 e. The van der Waals surface area contributed by atoms with E-state index >= 15 is 0 Å². The molecule has 1 N–H and O–H groups in total. The van der Waals surface area contributed by atoms with Crippen LogP contribution in [0, 0.1) is 13.8 Å². The summed E-state index contributed by atoms with van der Waals surface area (Å²) >= 11 is 5.16. The minimum atomic E-state index is 0.452. The molecule has 2 heteroatoms. The Labute approximate surface area is 103 Å². The van der Waals surface area contributed by atoms with Crippen molar-refractivity contribution >= 4 is 17.2 Å². The fraction of sp³-hybridized carbons (Fsp3) is 0.357. The Morgan fingerprint density at radius 3 is 2.69 bits per heavy atom. The molecule has 0 spiro atoms. The Morgan fingerprint density at radius 2 is 2.06 bits per heavy atom. The van der Waals surface area contributed by atoms with Gasteiger partial charge in [0, 0.05) is 18.5 Å². The maximum absolute atomic E-state index is 5.16. The third-order valence-electron chi connectivity index (χ3n) is 3.45. The van der Waals surface area contributed by atoms with Crippen LogP contribution in [0.3, 0.4) is 0 Å². The van der Waals surface area contributed by atoms with Gasteiger partial charge in [-0.3, -0.25) is 0 Å². The minimum Gasteiger partial charge on any atom is -0.356 e. The zero-order valence-electron chi connectivity index (χ0n) is 10.0. The second kappa shape index (κ2) is 4.38. The summed E-state index contributed by atoms with van der Waals surface area (Å²) in [4.78, 5) is 0.937. The summed E-state index contributed by atoms with van der Waals surface area (Å²) in [6.07, 6.45) is 2.97. The van der Waals surface area contributed by atoms with E-state index in [0.29, 0.717) is 5.92 Å². The van der Waals surface area contributed by atoms with Crippen LogP contribution in [0.15, 0.2) is 30.0 Å². The SMILES string of the molecule is Cc1cccc([C@@H](C)C2=CNC(=S)C2)c1C. The van der Waals surface area contributed by atoms with Crippen molar-refractivity contribution in [3.05, 3.63) is 46.7 Å². The lowest BCUT2D eigenvalue weighted by molar-refractivity contribution is 0.868. The van der Waals surface area contributed by atoms with Gasteiger partial charge in [0.2, 0.25) is 0 Å². The minimum absolute atomic E-state index is 0.452. The van der Waals surface area contributed by atoms with Gasteiger partial charge < -0.3 is 5.32 Å². The van der Waals surface area contributed by atoms with Crippen molar-refractivity contribution in [3.8, 4) is 0 Å². The number of thiocarbonyl (C=S) groups is 1. The average molecular weight is 231 g/mol. The highest BCUT2D eigenvalue weighted by atomic mass is 32.1. The summed E-state index contributed by atoms with van der Waals surface area (Å²) in [7, 11) is 0. The normalized spacial score (nSPS) is 16.9. The molecule has 2 rings (SSSR count). The molecular formula is C14H17NS. The van der Waals surface area contributed by atoms with Crippen LogP contribution >= 0.6 is 12.2 Å². The van der Waals surface area contributed by atoms with E-state index in [4.69, 9.17) is 12.2 Å². The summed E-state index contributed by atoms with van der Waals surface area (Å²) in [5.74, 6) is 0.452. The fourth-order valence-corrected chi connectivity index (χ4v) is 2.41. The van der Waals surface area contributed by atoms with E-state index in [0.717, 1.165) is 11.4 Å². The van der Waals surface area contributed by atoms with Gasteiger partial charge >= 0.3 is 0 Å². The van der Waals surface area contributed by atoms with Crippen molar-refractivity contribution < 1.29 is 0 Å². The number of benzene rings is 1. The van der Waals surface area contributed by atoms with Gasteiger partial charge in [-0.05, 0) is 36.1 Å². The summed E-state index contributed by atoms with van der Waals surface area (Å²) in [5.41, 5.74) is 5.56. The molecule has 0 aliphatic carbocycles. The predicted octanol–water partition coefficient (Wildman–Crippen LogP) is 3.61. The molecule has 1 nitrogen and oxygen atoms in total. The topological polar surface area (TPSA) is 12.0 Å². The molecular weight excluding hydrogens is 214 g/mol. The van der Waals surface area contributed by atoms with E-state index in [1.165, 1.54) is 22.3 Å². The molecule has 16 heavy (non-hydrogen) atoms. The highest BCUT2D eigenvalue weighted by Gasteiger charge is 2.18. The molecule has 1 heterocycles. The van der Waals surface area contributed by atoms with Crippen molar-refractivity contribution in [2.45, 2.75) is 33.1 Å². The molecule has 1 atom stereocenters. The Kier molecular flexibility index (Phi) is 3.10. The van der Waals surface area contributed by atoms with E-state index in [1.54, 1.807) is 0 Å². The van der Waals surface area contributed by atoms with Crippen molar-refractivity contribution in [2.75, 3.05) is 0 Å². The van der Waals surface area contributed by atoms with Gasteiger partial charge in [-0.1, -0.05) is 37.3 Å². The van der Waals surface area contributed by atoms with Gasteiger partial charge in [-0.25, -0.2) is 0 Å². The number of hydrogen-bond acceptors (Lipinski definition) is 1. The molecule has 0 unspecified atom stereocenters. The third-order valence-corrected chi connectivity index (χ3v) is 3.71. The molecule has 0 bridgehead atoms. The average Bonchev–Trinajstić information content (AvgIpc) is 2.68. The molecule has 1 aliphatic rings. The first kappa shape index (κ1) is 11.3. The third kappa shape index (κ3) is 2.03. The van der Waals surface area contributed by atoms with E-state index in [9.17, 15) is 0 Å². The van der Waals surface area contributed by atoms with Gasteiger partial charge in [0.25, 0.3) is 0 Å². The van der Waals surface area contributed by atoms with Crippen LogP contribution < -0.4 is 5.32 Å². The molecule has 0 amide bonds. The lowest BCUT2D eigenvalue weighted by atomic mass is 9.88. The maximum atomic E-state index is 5.16. The van der Waals surface area contributed by atoms with Crippen LogP contribution in [-0.2, 0) is 0 Å². The van der Waals surface area contributed by atoms with Crippen LogP contribution in [0.1, 0.15) is 36.0 Å². The Hall–Kier alpha value is -1.15. The van der Waals surface area contributed by atoms with E-state index in [1.807, 2.05) is 0 Å².